The van der Waals surface area contributed by atoms with Crippen LogP contribution < -0.4 is 5.32 Å². The number of hydrogen-bond acceptors (Lipinski definition) is 2. The summed E-state index contributed by atoms with van der Waals surface area (Å²) >= 11 is 0. The Morgan fingerprint density at radius 2 is 1.59 bits per heavy atom. The lowest BCUT2D eigenvalue weighted by Crippen LogP contribution is -2.25. The fourth-order valence-corrected chi connectivity index (χ4v) is 3.39. The van der Waals surface area contributed by atoms with Gasteiger partial charge in [-0.15, -0.1) is 0 Å². The van der Waals surface area contributed by atoms with Crippen LogP contribution in [0, 0.1) is 11.3 Å². The van der Waals surface area contributed by atoms with E-state index in [1.165, 1.54) is 70.0 Å². The van der Waals surface area contributed by atoms with E-state index in [-0.39, 0.29) is 0 Å². The van der Waals surface area contributed by atoms with Crippen LogP contribution in [0.2, 0.25) is 0 Å². The van der Waals surface area contributed by atoms with Crippen molar-refractivity contribution in [2.24, 2.45) is 16.3 Å². The van der Waals surface area contributed by atoms with Crippen molar-refractivity contribution < 1.29 is 0 Å². The zero-order chi connectivity index (χ0) is 16.3. The van der Waals surface area contributed by atoms with Gasteiger partial charge >= 0.3 is 0 Å². The molecule has 22 heavy (non-hydrogen) atoms. The van der Waals surface area contributed by atoms with E-state index in [1.54, 1.807) is 0 Å². The first kappa shape index (κ1) is 19.5. The molecule has 1 aliphatic rings. The molecule has 0 saturated heterocycles. The smallest absolute Gasteiger partial charge is 0.0963 e. The fourth-order valence-electron chi connectivity index (χ4n) is 3.39. The molecule has 0 radical (unpaired) electrons. The Balaban J connectivity index is 2.02. The van der Waals surface area contributed by atoms with E-state index in [9.17, 15) is 0 Å². The summed E-state index contributed by atoms with van der Waals surface area (Å²) in [6.45, 7) is 11.5. The quantitative estimate of drug-likeness (QED) is 0.522. The molecule has 1 N–H and O–H groups in total. The van der Waals surface area contributed by atoms with Crippen LogP contribution in [0.25, 0.3) is 0 Å². The van der Waals surface area contributed by atoms with Crippen molar-refractivity contribution in [3.63, 3.8) is 0 Å². The zero-order valence-corrected chi connectivity index (χ0v) is 15.7. The van der Waals surface area contributed by atoms with Gasteiger partial charge in [0.2, 0.25) is 0 Å². The lowest BCUT2D eigenvalue weighted by atomic mass is 9.76. The van der Waals surface area contributed by atoms with Crippen LogP contribution in [0.3, 0.4) is 0 Å². The minimum Gasteiger partial charge on any atom is -0.374 e. The molecule has 0 fully saturated rings. The number of unbranched alkanes of at least 4 members (excludes halogenated alkanes) is 7. The van der Waals surface area contributed by atoms with Crippen molar-refractivity contribution >= 4 is 5.84 Å². The summed E-state index contributed by atoms with van der Waals surface area (Å²) < 4.78 is 0. The van der Waals surface area contributed by atoms with Crippen molar-refractivity contribution in [3.8, 4) is 0 Å². The monoisotopic (exact) mass is 308 g/mol. The number of nitrogens with one attached hydrogen (secondary N) is 1. The maximum atomic E-state index is 4.76. The van der Waals surface area contributed by atoms with Crippen LogP contribution in [0.1, 0.15) is 98.3 Å². The number of amidine groups is 1. The van der Waals surface area contributed by atoms with Gasteiger partial charge in [-0.05, 0) is 30.6 Å². The highest BCUT2D eigenvalue weighted by molar-refractivity contribution is 5.82. The number of hydrogen-bond donors (Lipinski definition) is 1. The maximum absolute atomic E-state index is 4.76. The van der Waals surface area contributed by atoms with Crippen molar-refractivity contribution in [3.05, 3.63) is 0 Å². The first-order valence-corrected chi connectivity index (χ1v) is 9.81. The lowest BCUT2D eigenvalue weighted by molar-refractivity contribution is 0.220. The Labute approximate surface area is 139 Å². The highest BCUT2D eigenvalue weighted by Gasteiger charge is 2.25. The van der Waals surface area contributed by atoms with Crippen LogP contribution in [-0.2, 0) is 0 Å². The zero-order valence-electron chi connectivity index (χ0n) is 15.7. The first-order valence-electron chi connectivity index (χ1n) is 9.81. The van der Waals surface area contributed by atoms with Crippen LogP contribution in [0.4, 0.5) is 0 Å². The molecule has 1 aliphatic heterocycles. The Hall–Kier alpha value is -0.530. The van der Waals surface area contributed by atoms with Crippen LogP contribution in [0.5, 0.6) is 0 Å². The Morgan fingerprint density at radius 1 is 0.955 bits per heavy atom. The summed E-state index contributed by atoms with van der Waals surface area (Å²) in [5.74, 6) is 2.09. The third kappa shape index (κ3) is 8.80. The molecule has 0 aliphatic carbocycles. The maximum Gasteiger partial charge on any atom is 0.0963 e. The molecular formula is C20H40N2. The second-order valence-electron chi connectivity index (χ2n) is 8.12. The van der Waals surface area contributed by atoms with Gasteiger partial charge in [0, 0.05) is 19.5 Å². The van der Waals surface area contributed by atoms with Gasteiger partial charge in [0.1, 0.15) is 0 Å². The summed E-state index contributed by atoms with van der Waals surface area (Å²) in [5, 5.41) is 3.59. The molecule has 0 bridgehead atoms. The molecule has 0 aromatic carbocycles. The van der Waals surface area contributed by atoms with Gasteiger partial charge < -0.3 is 5.32 Å². The van der Waals surface area contributed by atoms with Crippen LogP contribution in [-0.4, -0.2) is 18.9 Å². The van der Waals surface area contributed by atoms with Crippen molar-refractivity contribution in [2.45, 2.75) is 98.3 Å². The summed E-state index contributed by atoms with van der Waals surface area (Å²) in [6.07, 6.45) is 14.8. The topological polar surface area (TPSA) is 24.4 Å². The van der Waals surface area contributed by atoms with Gasteiger partial charge in [0.25, 0.3) is 0 Å². The second-order valence-corrected chi connectivity index (χ2v) is 8.12. The Morgan fingerprint density at radius 3 is 2.23 bits per heavy atom. The molecule has 1 unspecified atom stereocenters. The highest BCUT2D eigenvalue weighted by atomic mass is 15.0. The highest BCUT2D eigenvalue weighted by Crippen LogP contribution is 2.33. The van der Waals surface area contributed by atoms with Gasteiger partial charge in [-0.25, -0.2) is 0 Å². The predicted octanol–water partition coefficient (Wildman–Crippen LogP) is 5.96. The molecule has 1 heterocycles. The van der Waals surface area contributed by atoms with E-state index < -0.39 is 0 Å². The minimum absolute atomic E-state index is 0.433. The van der Waals surface area contributed by atoms with Crippen LogP contribution >= 0.6 is 0 Å². The summed E-state index contributed by atoms with van der Waals surface area (Å²) in [7, 11) is 0. The van der Waals surface area contributed by atoms with E-state index in [4.69, 9.17) is 4.99 Å². The van der Waals surface area contributed by atoms with E-state index >= 15 is 0 Å². The molecule has 0 saturated carbocycles. The van der Waals surface area contributed by atoms with Gasteiger partial charge in [-0.3, -0.25) is 4.99 Å². The molecule has 0 aromatic heterocycles. The molecular weight excluding hydrogens is 268 g/mol. The number of nitrogens with zero attached hydrogens (tertiary/aromatic N) is 1. The molecule has 1 atom stereocenters. The van der Waals surface area contributed by atoms with Crippen LogP contribution in [0.15, 0.2) is 4.99 Å². The summed E-state index contributed by atoms with van der Waals surface area (Å²) in [6, 6.07) is 0. The summed E-state index contributed by atoms with van der Waals surface area (Å²) in [4.78, 5) is 4.76. The molecule has 2 heteroatoms. The SMILES string of the molecule is CCCCCCCCCCNC1=NCCC(C(C)(C)C)CC1. The van der Waals surface area contributed by atoms with Crippen molar-refractivity contribution in [1.29, 1.82) is 0 Å². The number of rotatable bonds is 9. The minimum atomic E-state index is 0.433. The van der Waals surface area contributed by atoms with Crippen molar-refractivity contribution in [2.75, 3.05) is 13.1 Å². The fraction of sp³-hybridized carbons (Fsp3) is 0.950. The molecule has 0 spiro atoms. The molecule has 130 valence electrons. The average molecular weight is 309 g/mol. The lowest BCUT2D eigenvalue weighted by Gasteiger charge is -2.29. The third-order valence-electron chi connectivity index (χ3n) is 5.09. The normalized spacial score (nSPS) is 19.6. The number of aliphatic imine (C=N–C) groups is 1. The van der Waals surface area contributed by atoms with Gasteiger partial charge in [-0.2, -0.15) is 0 Å². The molecule has 1 rings (SSSR count). The Bertz CT molecular complexity index is 301. The van der Waals surface area contributed by atoms with E-state index in [0.29, 0.717) is 5.41 Å². The third-order valence-corrected chi connectivity index (χ3v) is 5.09. The predicted molar refractivity (Wildman–Crippen MR) is 99.7 cm³/mol. The van der Waals surface area contributed by atoms with Gasteiger partial charge in [0.05, 0.1) is 5.84 Å². The van der Waals surface area contributed by atoms with Gasteiger partial charge in [-0.1, -0.05) is 72.6 Å². The van der Waals surface area contributed by atoms with E-state index in [0.717, 1.165) is 25.4 Å². The molecule has 0 aromatic rings. The molecule has 2 nitrogen and oxygen atoms in total. The Kier molecular flexibility index (Phi) is 9.82. The summed E-state index contributed by atoms with van der Waals surface area (Å²) in [5.41, 5.74) is 0.433. The van der Waals surface area contributed by atoms with Crippen molar-refractivity contribution in [1.82, 2.24) is 5.32 Å². The van der Waals surface area contributed by atoms with E-state index in [2.05, 4.69) is 33.0 Å². The second kappa shape index (κ2) is 11.1. The van der Waals surface area contributed by atoms with E-state index in [1.807, 2.05) is 0 Å². The average Bonchev–Trinajstić information content (AvgIpc) is 2.71. The molecule has 0 amide bonds. The largest absolute Gasteiger partial charge is 0.374 e. The standard InChI is InChI=1S/C20H40N2/c1-5-6-7-8-9-10-11-12-16-21-19-14-13-18(15-17-22-19)20(2,3)4/h18H,5-17H2,1-4H3,(H,21,22). The first-order chi connectivity index (χ1) is 10.5. The van der Waals surface area contributed by atoms with Gasteiger partial charge in [0.15, 0.2) is 0 Å².